The highest BCUT2D eigenvalue weighted by molar-refractivity contribution is 6.03. The van der Waals surface area contributed by atoms with Crippen LogP contribution in [0.3, 0.4) is 0 Å². The number of benzene rings is 1. The lowest BCUT2D eigenvalue weighted by molar-refractivity contribution is -0.117. The summed E-state index contributed by atoms with van der Waals surface area (Å²) in [4.78, 5) is 53.9. The molecule has 6 heterocycles. The van der Waals surface area contributed by atoms with Crippen molar-refractivity contribution in [3.63, 3.8) is 0 Å². The van der Waals surface area contributed by atoms with E-state index in [9.17, 15) is 9.59 Å². The molecule has 7 rings (SSSR count). The fourth-order valence-electron chi connectivity index (χ4n) is 6.25. The highest BCUT2D eigenvalue weighted by atomic mass is 16.5. The normalized spacial score (nSPS) is 17.2. The van der Waals surface area contributed by atoms with Crippen molar-refractivity contribution in [2.24, 2.45) is 0 Å². The summed E-state index contributed by atoms with van der Waals surface area (Å²) in [6, 6.07) is 13.6. The first-order valence-electron chi connectivity index (χ1n) is 16.3. The van der Waals surface area contributed by atoms with Crippen LogP contribution in [-0.2, 0) is 22.5 Å². The van der Waals surface area contributed by atoms with Gasteiger partial charge < -0.3 is 30.2 Å². The summed E-state index contributed by atoms with van der Waals surface area (Å²) in [7, 11) is 0. The number of hydrogen-bond acceptors (Lipinski definition) is 9. The van der Waals surface area contributed by atoms with Crippen LogP contribution in [-0.4, -0.2) is 92.1 Å². The van der Waals surface area contributed by atoms with Gasteiger partial charge in [0.25, 0.3) is 5.91 Å². The quantitative estimate of drug-likeness (QED) is 0.166. The summed E-state index contributed by atoms with van der Waals surface area (Å²) in [6.07, 6.45) is 12.6. The number of allylic oxidation sites excluding steroid dienone is 1. The van der Waals surface area contributed by atoms with E-state index < -0.39 is 0 Å². The number of likely N-dealkylation sites (tertiary alicyclic amines) is 1. The predicted molar refractivity (Wildman–Crippen MR) is 182 cm³/mol. The first-order valence-corrected chi connectivity index (χ1v) is 16.3. The summed E-state index contributed by atoms with van der Waals surface area (Å²) in [6.45, 7) is 5.30. The number of hydrogen-bond donors (Lipinski definition) is 4. The van der Waals surface area contributed by atoms with E-state index in [2.05, 4.69) is 56.4 Å². The molecular formula is C35H38N10O3. The Kier molecular flexibility index (Phi) is 9.48. The molecule has 0 unspecified atom stereocenters. The molecule has 1 aromatic carbocycles. The van der Waals surface area contributed by atoms with E-state index in [1.165, 1.54) is 0 Å². The van der Waals surface area contributed by atoms with Crippen molar-refractivity contribution in [2.75, 3.05) is 49.6 Å². The van der Waals surface area contributed by atoms with Crippen LogP contribution in [0.5, 0.6) is 0 Å². The number of anilines is 2. The largest absolute Gasteiger partial charge is 0.378 e. The van der Waals surface area contributed by atoms with E-state index in [0.717, 1.165) is 78.4 Å². The molecule has 4 N–H and O–H groups in total. The third-order valence-corrected chi connectivity index (χ3v) is 8.65. The SMILES string of the molecule is O=C(/C=C/Cc1cnc[nH]1)N[C@@H]1CCCN(Cc2ccnc(C(=O)Nc3ccc(-c4cc5c(N6CCOCC6)ncnc5[nH]4)cc3)c2)C1. The second-order valence-electron chi connectivity index (χ2n) is 12.1. The highest BCUT2D eigenvalue weighted by Gasteiger charge is 2.22. The number of rotatable bonds is 10. The Bertz CT molecular complexity index is 1880. The maximum absolute atomic E-state index is 13.2. The van der Waals surface area contributed by atoms with Crippen LogP contribution in [0, 0.1) is 0 Å². The van der Waals surface area contributed by atoms with Crippen LogP contribution in [0.2, 0.25) is 0 Å². The zero-order chi connectivity index (χ0) is 32.7. The molecule has 0 spiro atoms. The Labute approximate surface area is 277 Å². The number of fused-ring (bicyclic) bond motifs is 1. The average Bonchev–Trinajstić information content (AvgIpc) is 3.80. The van der Waals surface area contributed by atoms with Crippen LogP contribution >= 0.6 is 0 Å². The molecule has 2 amide bonds. The van der Waals surface area contributed by atoms with Gasteiger partial charge in [0.2, 0.25) is 5.91 Å². The first kappa shape index (κ1) is 31.2. The number of aromatic amines is 2. The Morgan fingerprint density at radius 3 is 2.75 bits per heavy atom. The molecule has 0 saturated carbocycles. The lowest BCUT2D eigenvalue weighted by Crippen LogP contribution is -2.47. The number of nitrogens with one attached hydrogen (secondary N) is 4. The average molecular weight is 647 g/mol. The molecule has 0 radical (unpaired) electrons. The lowest BCUT2D eigenvalue weighted by atomic mass is 10.0. The summed E-state index contributed by atoms with van der Waals surface area (Å²) in [5.41, 5.74) is 5.66. The van der Waals surface area contributed by atoms with Gasteiger partial charge in [0.15, 0.2) is 0 Å². The minimum absolute atomic E-state index is 0.0692. The fourth-order valence-corrected chi connectivity index (χ4v) is 6.25. The van der Waals surface area contributed by atoms with Crippen LogP contribution < -0.4 is 15.5 Å². The number of carbonyl (C=O) groups excluding carboxylic acids is 2. The Hall–Kier alpha value is -5.40. The third kappa shape index (κ3) is 7.59. The zero-order valence-corrected chi connectivity index (χ0v) is 26.6. The van der Waals surface area contributed by atoms with Crippen molar-refractivity contribution in [3.05, 3.63) is 96.6 Å². The predicted octanol–water partition coefficient (Wildman–Crippen LogP) is 3.71. The molecule has 0 bridgehead atoms. The smallest absolute Gasteiger partial charge is 0.274 e. The molecule has 48 heavy (non-hydrogen) atoms. The number of H-pyrrole nitrogens is 2. The second kappa shape index (κ2) is 14.6. The molecule has 2 aliphatic heterocycles. The Balaban J connectivity index is 0.937. The van der Waals surface area contributed by atoms with Crippen LogP contribution in [0.15, 0.2) is 79.7 Å². The Morgan fingerprint density at radius 1 is 1.04 bits per heavy atom. The first-order chi connectivity index (χ1) is 23.6. The number of ether oxygens (including phenoxy) is 1. The summed E-state index contributed by atoms with van der Waals surface area (Å²) < 4.78 is 5.50. The van der Waals surface area contributed by atoms with Gasteiger partial charge >= 0.3 is 0 Å². The van der Waals surface area contributed by atoms with Crippen molar-refractivity contribution in [1.82, 2.24) is 40.1 Å². The number of piperidine rings is 1. The number of carbonyl (C=O) groups is 2. The second-order valence-corrected chi connectivity index (χ2v) is 12.1. The molecule has 4 aromatic heterocycles. The van der Waals surface area contributed by atoms with Crippen LogP contribution in [0.1, 0.15) is 34.6 Å². The van der Waals surface area contributed by atoms with Crippen LogP contribution in [0.25, 0.3) is 22.3 Å². The highest BCUT2D eigenvalue weighted by Crippen LogP contribution is 2.30. The van der Waals surface area contributed by atoms with Gasteiger partial charge in [0.1, 0.15) is 23.5 Å². The molecule has 13 nitrogen and oxygen atoms in total. The zero-order valence-electron chi connectivity index (χ0n) is 26.6. The van der Waals surface area contributed by atoms with Gasteiger partial charge in [-0.1, -0.05) is 18.2 Å². The van der Waals surface area contributed by atoms with Gasteiger partial charge in [-0.05, 0) is 66.9 Å². The standard InChI is InChI=1S/C35H38N10O3/c46-32(5-1-3-27-19-36-22-38-27)41-28-4-2-12-44(21-28)20-24-10-11-37-31(17-24)35(47)42-26-8-6-25(7-9-26)30-18-29-33(43-30)39-23-40-34(29)45-13-15-48-16-14-45/h1,5-11,17-19,22-23,28H,2-4,12-16,20-21H2,(H,36,38)(H,41,46)(H,42,47)(H,39,40,43)/b5-1+/t28-/m1/s1. The number of nitrogens with zero attached hydrogens (tertiary/aromatic N) is 6. The minimum Gasteiger partial charge on any atom is -0.378 e. The molecule has 13 heteroatoms. The molecule has 2 saturated heterocycles. The lowest BCUT2D eigenvalue weighted by Gasteiger charge is -2.33. The van der Waals surface area contributed by atoms with Crippen molar-refractivity contribution >= 4 is 34.4 Å². The third-order valence-electron chi connectivity index (χ3n) is 8.65. The van der Waals surface area contributed by atoms with E-state index in [-0.39, 0.29) is 17.9 Å². The van der Waals surface area contributed by atoms with Crippen molar-refractivity contribution in [2.45, 2.75) is 31.8 Å². The monoisotopic (exact) mass is 646 g/mol. The number of aromatic nitrogens is 6. The van der Waals surface area contributed by atoms with Gasteiger partial charge in [-0.15, -0.1) is 0 Å². The topological polar surface area (TPSA) is 157 Å². The molecule has 2 fully saturated rings. The van der Waals surface area contributed by atoms with Gasteiger partial charge in [-0.3, -0.25) is 19.5 Å². The van der Waals surface area contributed by atoms with Gasteiger partial charge in [-0.2, -0.15) is 0 Å². The van der Waals surface area contributed by atoms with Gasteiger partial charge in [0.05, 0.1) is 24.9 Å². The Morgan fingerprint density at radius 2 is 1.92 bits per heavy atom. The number of amides is 2. The van der Waals surface area contributed by atoms with E-state index in [4.69, 9.17) is 4.74 Å². The van der Waals surface area contributed by atoms with E-state index >= 15 is 0 Å². The maximum atomic E-state index is 13.2. The number of imidazole rings is 1. The molecule has 1 atom stereocenters. The summed E-state index contributed by atoms with van der Waals surface area (Å²) >= 11 is 0. The molecule has 5 aromatic rings. The van der Waals surface area contributed by atoms with Gasteiger partial charge in [0, 0.05) is 68.1 Å². The van der Waals surface area contributed by atoms with E-state index in [0.29, 0.717) is 37.6 Å². The van der Waals surface area contributed by atoms with Crippen LogP contribution in [0.4, 0.5) is 11.5 Å². The summed E-state index contributed by atoms with van der Waals surface area (Å²) in [5.74, 6) is 0.541. The van der Waals surface area contributed by atoms with E-state index in [1.54, 1.807) is 31.1 Å². The van der Waals surface area contributed by atoms with Crippen molar-refractivity contribution in [3.8, 4) is 11.3 Å². The number of morpholine rings is 1. The summed E-state index contributed by atoms with van der Waals surface area (Å²) in [5, 5.41) is 7.07. The van der Waals surface area contributed by atoms with Crippen molar-refractivity contribution < 1.29 is 14.3 Å². The maximum Gasteiger partial charge on any atom is 0.274 e. The van der Waals surface area contributed by atoms with Crippen molar-refractivity contribution in [1.29, 1.82) is 0 Å². The number of pyridine rings is 1. The molecule has 2 aliphatic rings. The minimum atomic E-state index is -0.272. The molecule has 246 valence electrons. The fraction of sp³-hybridized carbons (Fsp3) is 0.314. The molecular weight excluding hydrogens is 608 g/mol. The van der Waals surface area contributed by atoms with Gasteiger partial charge in [-0.25, -0.2) is 15.0 Å². The molecule has 0 aliphatic carbocycles. The van der Waals surface area contributed by atoms with E-state index in [1.807, 2.05) is 42.5 Å².